The van der Waals surface area contributed by atoms with Crippen molar-refractivity contribution in [3.8, 4) is 11.5 Å². The summed E-state index contributed by atoms with van der Waals surface area (Å²) in [6.45, 7) is 5.32. The molecule has 1 unspecified atom stereocenters. The Morgan fingerprint density at radius 1 is 1.03 bits per heavy atom. The Balaban J connectivity index is 1.44. The summed E-state index contributed by atoms with van der Waals surface area (Å²) < 4.78 is 16.6. The molecular weight excluding hydrogens is 444 g/mol. The number of thiophene rings is 1. The highest BCUT2D eigenvalue weighted by atomic mass is 32.1. The number of aliphatic hydroxyl groups is 1. The largest absolute Gasteiger partial charge is 0.507 e. The molecule has 0 aliphatic carbocycles. The lowest BCUT2D eigenvalue weighted by Crippen LogP contribution is -2.38. The van der Waals surface area contributed by atoms with E-state index in [9.17, 15) is 14.7 Å². The van der Waals surface area contributed by atoms with Gasteiger partial charge in [-0.15, -0.1) is 11.3 Å². The number of morpholine rings is 1. The summed E-state index contributed by atoms with van der Waals surface area (Å²) >= 11 is 1.47. The Hall–Kier alpha value is -2.88. The minimum atomic E-state index is -0.660. The number of ether oxygens (including phenoxy) is 3. The second-order valence-electron chi connectivity index (χ2n) is 8.17. The number of rotatable bonds is 6. The molecule has 4 heterocycles. The van der Waals surface area contributed by atoms with E-state index in [2.05, 4.69) is 4.90 Å². The molecule has 3 aliphatic rings. The molecule has 2 saturated heterocycles. The van der Waals surface area contributed by atoms with Gasteiger partial charge in [-0.2, -0.15) is 0 Å². The van der Waals surface area contributed by atoms with E-state index in [0.717, 1.165) is 44.1 Å². The van der Waals surface area contributed by atoms with E-state index in [-0.39, 0.29) is 11.3 Å². The van der Waals surface area contributed by atoms with Crippen LogP contribution in [0.15, 0.2) is 41.3 Å². The molecular formula is C24H26N2O6S. The first kappa shape index (κ1) is 21.9. The fraction of sp³-hybridized carbons (Fsp3) is 0.417. The Morgan fingerprint density at radius 2 is 1.82 bits per heavy atom. The smallest absolute Gasteiger partial charge is 0.295 e. The van der Waals surface area contributed by atoms with E-state index in [1.807, 2.05) is 17.5 Å². The van der Waals surface area contributed by atoms with Crippen LogP contribution < -0.4 is 9.47 Å². The van der Waals surface area contributed by atoms with Gasteiger partial charge >= 0.3 is 0 Å². The number of likely N-dealkylation sites (tertiary alicyclic amines) is 1. The number of ketones is 1. The normalized spacial score (nSPS) is 22.7. The molecule has 1 amide bonds. The highest BCUT2D eigenvalue weighted by molar-refractivity contribution is 7.10. The lowest BCUT2D eigenvalue weighted by molar-refractivity contribution is -0.140. The Morgan fingerprint density at radius 3 is 2.58 bits per heavy atom. The molecule has 5 rings (SSSR count). The molecule has 2 aromatic rings. The van der Waals surface area contributed by atoms with Gasteiger partial charge in [0, 0.05) is 36.6 Å². The summed E-state index contributed by atoms with van der Waals surface area (Å²) in [7, 11) is 0. The second kappa shape index (κ2) is 9.54. The molecule has 2 fully saturated rings. The maximum Gasteiger partial charge on any atom is 0.295 e. The standard InChI is InChI=1S/C24H26N2O6S/c27-22(16-4-5-17-18(15-16)32-13-12-31-17)20-21(19-3-1-14-33-19)26(24(29)23(20)28)7-2-6-25-8-10-30-11-9-25/h1,3-5,14-15,21,27H,2,6-13H2. The van der Waals surface area contributed by atoms with E-state index < -0.39 is 17.7 Å². The van der Waals surface area contributed by atoms with E-state index >= 15 is 0 Å². The second-order valence-corrected chi connectivity index (χ2v) is 9.15. The van der Waals surface area contributed by atoms with Crippen molar-refractivity contribution >= 4 is 28.8 Å². The zero-order valence-electron chi connectivity index (χ0n) is 18.2. The predicted molar refractivity (Wildman–Crippen MR) is 123 cm³/mol. The summed E-state index contributed by atoms with van der Waals surface area (Å²) in [5.74, 6) is -0.324. The summed E-state index contributed by atoms with van der Waals surface area (Å²) in [6.07, 6.45) is 0.735. The molecule has 1 aromatic heterocycles. The molecule has 174 valence electrons. The Labute approximate surface area is 196 Å². The number of fused-ring (bicyclic) bond motifs is 1. The monoisotopic (exact) mass is 470 g/mol. The van der Waals surface area contributed by atoms with Crippen molar-refractivity contribution in [1.82, 2.24) is 9.80 Å². The maximum atomic E-state index is 13.1. The first-order valence-corrected chi connectivity index (χ1v) is 12.0. The van der Waals surface area contributed by atoms with Crippen molar-refractivity contribution in [3.63, 3.8) is 0 Å². The van der Waals surface area contributed by atoms with Gasteiger partial charge in [0.1, 0.15) is 19.0 Å². The number of hydrogen-bond acceptors (Lipinski definition) is 8. The first-order chi connectivity index (χ1) is 16.1. The van der Waals surface area contributed by atoms with Crippen molar-refractivity contribution in [1.29, 1.82) is 0 Å². The van der Waals surface area contributed by atoms with Crippen molar-refractivity contribution in [2.24, 2.45) is 0 Å². The van der Waals surface area contributed by atoms with Crippen molar-refractivity contribution < 1.29 is 28.9 Å². The number of nitrogens with zero attached hydrogens (tertiary/aromatic N) is 2. The van der Waals surface area contributed by atoms with Crippen LogP contribution in [0.25, 0.3) is 5.76 Å². The quantitative estimate of drug-likeness (QED) is 0.395. The van der Waals surface area contributed by atoms with Crippen molar-refractivity contribution in [2.45, 2.75) is 12.5 Å². The molecule has 9 heteroatoms. The van der Waals surface area contributed by atoms with Gasteiger partial charge in [0.25, 0.3) is 11.7 Å². The average Bonchev–Trinajstić information content (AvgIpc) is 3.47. The van der Waals surface area contributed by atoms with Gasteiger partial charge < -0.3 is 24.2 Å². The molecule has 1 N–H and O–H groups in total. The Bertz CT molecular complexity index is 1060. The lowest BCUT2D eigenvalue weighted by Gasteiger charge is -2.28. The molecule has 8 nitrogen and oxygen atoms in total. The highest BCUT2D eigenvalue weighted by Crippen LogP contribution is 2.42. The molecule has 0 spiro atoms. The SMILES string of the molecule is O=C1C(=O)N(CCCN2CCOCC2)C(c2cccs2)C1=C(O)c1ccc2c(c1)OCCO2. The van der Waals surface area contributed by atoms with E-state index in [1.54, 1.807) is 23.1 Å². The number of carbonyl (C=O) groups is 2. The van der Waals surface area contributed by atoms with Gasteiger partial charge in [-0.05, 0) is 36.1 Å². The van der Waals surface area contributed by atoms with Crippen LogP contribution in [-0.2, 0) is 14.3 Å². The van der Waals surface area contributed by atoms with E-state index in [4.69, 9.17) is 14.2 Å². The highest BCUT2D eigenvalue weighted by Gasteiger charge is 2.46. The van der Waals surface area contributed by atoms with Crippen molar-refractivity contribution in [2.75, 3.05) is 52.6 Å². The molecule has 33 heavy (non-hydrogen) atoms. The molecule has 0 bridgehead atoms. The molecule has 1 atom stereocenters. The Kier molecular flexibility index (Phi) is 6.34. The van der Waals surface area contributed by atoms with Crippen LogP contribution in [0.1, 0.15) is 22.9 Å². The third-order valence-corrected chi connectivity index (χ3v) is 7.07. The number of carbonyl (C=O) groups excluding carboxylic acids is 2. The lowest BCUT2D eigenvalue weighted by atomic mass is 9.99. The minimum Gasteiger partial charge on any atom is -0.507 e. The van der Waals surface area contributed by atoms with Gasteiger partial charge in [-0.25, -0.2) is 0 Å². The number of amides is 1. The van der Waals surface area contributed by atoms with Crippen LogP contribution in [0.4, 0.5) is 0 Å². The number of Topliss-reactive ketones (excluding diaryl/α,β-unsaturated/α-hetero) is 1. The van der Waals surface area contributed by atoms with Crippen LogP contribution in [0, 0.1) is 0 Å². The molecule has 3 aliphatic heterocycles. The fourth-order valence-corrected chi connectivity index (χ4v) is 5.33. The zero-order chi connectivity index (χ0) is 22.8. The maximum absolute atomic E-state index is 13.1. The summed E-state index contributed by atoms with van der Waals surface area (Å²) in [6, 6.07) is 8.22. The number of hydrogen-bond donors (Lipinski definition) is 1. The van der Waals surface area contributed by atoms with Gasteiger partial charge in [0.15, 0.2) is 11.5 Å². The van der Waals surface area contributed by atoms with Crippen LogP contribution in [-0.4, -0.2) is 79.2 Å². The number of aliphatic hydroxyl groups excluding tert-OH is 1. The van der Waals surface area contributed by atoms with Gasteiger partial charge in [0.2, 0.25) is 0 Å². The van der Waals surface area contributed by atoms with Crippen molar-refractivity contribution in [3.05, 3.63) is 51.7 Å². The van der Waals surface area contributed by atoms with Gasteiger partial charge in [-0.3, -0.25) is 14.5 Å². The van der Waals surface area contributed by atoms with Crippen LogP contribution in [0.5, 0.6) is 11.5 Å². The third kappa shape index (κ3) is 4.36. The summed E-state index contributed by atoms with van der Waals surface area (Å²) in [4.78, 5) is 30.9. The molecule has 0 radical (unpaired) electrons. The van der Waals surface area contributed by atoms with Gasteiger partial charge in [-0.1, -0.05) is 6.07 Å². The topological polar surface area (TPSA) is 88.5 Å². The number of benzene rings is 1. The van der Waals surface area contributed by atoms with E-state index in [1.165, 1.54) is 11.3 Å². The first-order valence-electron chi connectivity index (χ1n) is 11.2. The zero-order valence-corrected chi connectivity index (χ0v) is 19.0. The third-order valence-electron chi connectivity index (χ3n) is 6.15. The fourth-order valence-electron chi connectivity index (χ4n) is 4.49. The predicted octanol–water partition coefficient (Wildman–Crippen LogP) is 2.66. The summed E-state index contributed by atoms with van der Waals surface area (Å²) in [5.41, 5.74) is 0.539. The molecule has 1 aromatic carbocycles. The van der Waals surface area contributed by atoms with Crippen LogP contribution in [0.2, 0.25) is 0 Å². The average molecular weight is 471 g/mol. The molecule has 0 saturated carbocycles. The van der Waals surface area contributed by atoms with Crippen LogP contribution >= 0.6 is 11.3 Å². The van der Waals surface area contributed by atoms with E-state index in [0.29, 0.717) is 36.8 Å². The summed E-state index contributed by atoms with van der Waals surface area (Å²) in [5, 5.41) is 13.1. The minimum absolute atomic E-state index is 0.116. The van der Waals surface area contributed by atoms with Gasteiger partial charge in [0.05, 0.1) is 24.8 Å². The van der Waals surface area contributed by atoms with Crippen LogP contribution in [0.3, 0.4) is 0 Å².